The summed E-state index contributed by atoms with van der Waals surface area (Å²) in [5.41, 5.74) is 4.00. The lowest BCUT2D eigenvalue weighted by Crippen LogP contribution is -2.39. The summed E-state index contributed by atoms with van der Waals surface area (Å²) in [6.45, 7) is 91.9. The summed E-state index contributed by atoms with van der Waals surface area (Å²) in [6, 6.07) is 0. The first-order chi connectivity index (χ1) is 37.0. The zero-order chi connectivity index (χ0) is 65.7. The van der Waals surface area contributed by atoms with Gasteiger partial charge in [0, 0.05) is 78.9 Å². The molecular weight excluding hydrogens is 1010 g/mol. The molecule has 8 rings (SSSR count). The molecule has 8 aliphatic heterocycles. The van der Waals surface area contributed by atoms with Crippen LogP contribution < -0.4 is 31.9 Å². The van der Waals surface area contributed by atoms with E-state index < -0.39 is 0 Å². The highest BCUT2D eigenvalue weighted by Crippen LogP contribution is 2.12. The molecule has 0 aromatic carbocycles. The van der Waals surface area contributed by atoms with Gasteiger partial charge in [0.05, 0.1) is 13.2 Å². The smallest absolute Gasteiger partial charge is 0.0591 e. The van der Waals surface area contributed by atoms with Crippen molar-refractivity contribution in [3.8, 4) is 0 Å². The lowest BCUT2D eigenvalue weighted by molar-refractivity contribution is 0.0367. The number of piperidine rings is 1. The Kier molecular flexibility index (Phi) is 75.9. The van der Waals surface area contributed by atoms with Crippen LogP contribution in [0.15, 0.2) is 0 Å². The standard InChI is InChI=1S/C5H11N.C5H10O.8C5H12.C4H10N2.C4H9NO.C4H9N.C4H8O.C3H7N.C3H6O/c2*1-2-4-6-5-3-1;8*1-5(2,3)4;1-2-6-4-3-5-1;1-3-6-4-2-5-1;2*1-2-4-5-3-1;2*1-2-4-3-1/h6H,1-5H2;1-5H2;8*1-4H3;5-6H,1-4H2;5H,1-4H2;5H,1-4H2;1-4H2;4H,1-3H2;1-3H2. The molecular formula is C72H166N6O4. The van der Waals surface area contributed by atoms with Crippen molar-refractivity contribution in [2.24, 2.45) is 43.3 Å². The summed E-state index contributed by atoms with van der Waals surface area (Å²) < 4.78 is 19.7. The molecule has 508 valence electrons. The monoisotopic (exact) mass is 1180 g/mol. The van der Waals surface area contributed by atoms with Gasteiger partial charge in [0.15, 0.2) is 0 Å². The van der Waals surface area contributed by atoms with Crippen molar-refractivity contribution in [1.29, 1.82) is 0 Å². The van der Waals surface area contributed by atoms with Gasteiger partial charge in [-0.2, -0.15) is 0 Å². The lowest BCUT2D eigenvalue weighted by atomic mass is 10.0. The molecule has 0 spiro atoms. The largest absolute Gasteiger partial charge is 0.381 e. The van der Waals surface area contributed by atoms with E-state index in [1.54, 1.807) is 0 Å². The molecule has 0 unspecified atom stereocenters. The number of rotatable bonds is 0. The molecule has 0 radical (unpaired) electrons. The zero-order valence-corrected chi connectivity index (χ0v) is 63.3. The van der Waals surface area contributed by atoms with Crippen LogP contribution in [0.5, 0.6) is 0 Å². The van der Waals surface area contributed by atoms with Crippen LogP contribution in [0.25, 0.3) is 0 Å². The molecule has 6 N–H and O–H groups in total. The predicted octanol–water partition coefficient (Wildman–Crippen LogP) is 18.7. The normalized spacial score (nSPS) is 18.1. The first-order valence-corrected chi connectivity index (χ1v) is 33.6. The topological polar surface area (TPSA) is 109 Å². The van der Waals surface area contributed by atoms with Gasteiger partial charge in [0.2, 0.25) is 0 Å². The van der Waals surface area contributed by atoms with Gasteiger partial charge in [0.1, 0.15) is 0 Å². The van der Waals surface area contributed by atoms with Gasteiger partial charge in [-0.25, -0.2) is 0 Å². The van der Waals surface area contributed by atoms with E-state index in [9.17, 15) is 0 Å². The van der Waals surface area contributed by atoms with Gasteiger partial charge in [-0.1, -0.05) is 228 Å². The summed E-state index contributed by atoms with van der Waals surface area (Å²) >= 11 is 0. The third-order valence-corrected chi connectivity index (χ3v) is 7.16. The maximum atomic E-state index is 5.07. The van der Waals surface area contributed by atoms with E-state index in [1.165, 1.54) is 116 Å². The van der Waals surface area contributed by atoms with Crippen LogP contribution >= 0.6 is 0 Å². The van der Waals surface area contributed by atoms with Crippen LogP contribution in [0.1, 0.15) is 299 Å². The summed E-state index contributed by atoms with van der Waals surface area (Å²) in [5, 5.41) is 19.2. The average molecular weight is 1180 g/mol. The SMILES string of the molecule is C1CCNC1.C1CCNCC1.C1CCOC1.C1CCOCC1.C1CNC1.C1CNCCN1.C1COC1.C1COCCN1.CC(C)(C)C.CC(C)(C)C.CC(C)(C)C.CC(C)(C)C.CC(C)(C)C.CC(C)(C)C.CC(C)(C)C.CC(C)(C)C. The van der Waals surface area contributed by atoms with E-state index >= 15 is 0 Å². The van der Waals surface area contributed by atoms with Crippen molar-refractivity contribution in [3.63, 3.8) is 0 Å². The number of morpholine rings is 1. The molecule has 8 fully saturated rings. The molecule has 0 saturated carbocycles. The molecule has 10 nitrogen and oxygen atoms in total. The van der Waals surface area contributed by atoms with E-state index in [-0.39, 0.29) is 0 Å². The Bertz CT molecular complexity index is 787. The fraction of sp³-hybridized carbons (Fsp3) is 1.00. The number of ether oxygens (including phenoxy) is 4. The van der Waals surface area contributed by atoms with Crippen LogP contribution in [0.2, 0.25) is 0 Å². The van der Waals surface area contributed by atoms with Gasteiger partial charge in [-0.3, -0.25) is 0 Å². The van der Waals surface area contributed by atoms with Gasteiger partial charge in [0.25, 0.3) is 0 Å². The average Bonchev–Trinajstić information content (AvgIpc) is 4.03. The molecule has 0 amide bonds. The Morgan fingerprint density at radius 1 is 0.146 bits per heavy atom. The second-order valence-electron chi connectivity index (χ2n) is 35.2. The molecule has 8 aliphatic rings. The Labute approximate surface area is 521 Å². The van der Waals surface area contributed by atoms with Crippen molar-refractivity contribution in [2.45, 2.75) is 299 Å². The molecule has 0 bridgehead atoms. The highest BCUT2D eigenvalue weighted by molar-refractivity contribution is 4.60. The maximum absolute atomic E-state index is 5.07. The van der Waals surface area contributed by atoms with Gasteiger partial charge < -0.3 is 50.8 Å². The minimum Gasteiger partial charge on any atom is -0.381 e. The van der Waals surface area contributed by atoms with E-state index in [1.807, 2.05) is 0 Å². The summed E-state index contributed by atoms with van der Waals surface area (Å²) in [4.78, 5) is 0. The zero-order valence-electron chi connectivity index (χ0n) is 63.3. The van der Waals surface area contributed by atoms with Gasteiger partial charge in [-0.05, 0) is 153 Å². The Hall–Kier alpha value is -0.400. The van der Waals surface area contributed by atoms with Crippen LogP contribution in [0, 0.1) is 43.3 Å². The van der Waals surface area contributed by atoms with Crippen LogP contribution in [-0.2, 0) is 18.9 Å². The third-order valence-electron chi connectivity index (χ3n) is 7.16. The van der Waals surface area contributed by atoms with E-state index in [4.69, 9.17) is 18.9 Å². The number of piperazine rings is 1. The molecule has 10 heteroatoms. The molecule has 8 saturated heterocycles. The minimum absolute atomic E-state index is 0.500. The van der Waals surface area contributed by atoms with Crippen LogP contribution in [-0.4, -0.2) is 131 Å². The van der Waals surface area contributed by atoms with Crippen molar-refractivity contribution in [3.05, 3.63) is 0 Å². The highest BCUT2D eigenvalue weighted by atomic mass is 16.5. The highest BCUT2D eigenvalue weighted by Gasteiger charge is 2.01. The first kappa shape index (κ1) is 97.9. The van der Waals surface area contributed by atoms with Crippen molar-refractivity contribution in [2.75, 3.05) is 131 Å². The maximum Gasteiger partial charge on any atom is 0.0591 e. The van der Waals surface area contributed by atoms with Crippen molar-refractivity contribution in [1.82, 2.24) is 31.9 Å². The van der Waals surface area contributed by atoms with Gasteiger partial charge >= 0.3 is 0 Å². The van der Waals surface area contributed by atoms with Crippen LogP contribution in [0.3, 0.4) is 0 Å². The lowest BCUT2D eigenvalue weighted by Gasteiger charge is -2.11. The second-order valence-corrected chi connectivity index (χ2v) is 35.2. The summed E-state index contributed by atoms with van der Waals surface area (Å²) in [5.74, 6) is 0. The Morgan fingerprint density at radius 2 is 0.280 bits per heavy atom. The molecule has 0 atom stereocenters. The van der Waals surface area contributed by atoms with Crippen molar-refractivity contribution < 1.29 is 18.9 Å². The second kappa shape index (κ2) is 63.6. The molecule has 0 aliphatic carbocycles. The molecule has 0 aromatic heterocycles. The minimum atomic E-state index is 0.500. The third kappa shape index (κ3) is 284. The Balaban J connectivity index is -0.000000119. The quantitative estimate of drug-likeness (QED) is 0.140. The Morgan fingerprint density at radius 3 is 0.354 bits per heavy atom. The molecule has 82 heavy (non-hydrogen) atoms. The summed E-state index contributed by atoms with van der Waals surface area (Å²) in [6.07, 6.45) is 16.1. The summed E-state index contributed by atoms with van der Waals surface area (Å²) in [7, 11) is 0. The van der Waals surface area contributed by atoms with Gasteiger partial charge in [-0.15, -0.1) is 0 Å². The number of hydrogen-bond donors (Lipinski definition) is 6. The first-order valence-electron chi connectivity index (χ1n) is 33.6. The van der Waals surface area contributed by atoms with Crippen molar-refractivity contribution >= 4 is 0 Å². The fourth-order valence-electron chi connectivity index (χ4n) is 4.06. The number of hydrogen-bond acceptors (Lipinski definition) is 10. The molecule has 0 aromatic rings. The fourth-order valence-corrected chi connectivity index (χ4v) is 4.06. The number of nitrogens with one attached hydrogen (secondary N) is 6. The predicted molar refractivity (Wildman–Crippen MR) is 377 cm³/mol. The van der Waals surface area contributed by atoms with E-state index in [0.717, 1.165) is 92.1 Å². The molecule has 8 heterocycles. The van der Waals surface area contributed by atoms with E-state index in [0.29, 0.717) is 43.3 Å². The van der Waals surface area contributed by atoms with E-state index in [2.05, 4.69) is 253 Å². The van der Waals surface area contributed by atoms with Crippen LogP contribution in [0.4, 0.5) is 0 Å².